The molecule has 5 aromatic rings. The molecule has 0 spiro atoms. The predicted molar refractivity (Wildman–Crippen MR) is 141 cm³/mol. The smallest absolute Gasteiger partial charge is 0.266 e. The van der Waals surface area contributed by atoms with Crippen molar-refractivity contribution >= 4 is 38.4 Å². The van der Waals surface area contributed by atoms with Crippen LogP contribution in [0.5, 0.6) is 0 Å². The fourth-order valence-corrected chi connectivity index (χ4v) is 6.35. The predicted octanol–water partition coefficient (Wildman–Crippen LogP) is 5.21. The molecular weight excluding hydrogens is 454 g/mol. The van der Waals surface area contributed by atoms with Crippen LogP contribution in [0.4, 0.5) is 0 Å². The lowest BCUT2D eigenvalue weighted by molar-refractivity contribution is 0.0633. The number of thiophene rings is 1. The summed E-state index contributed by atoms with van der Waals surface area (Å²) in [5.41, 5.74) is 5.38. The van der Waals surface area contributed by atoms with E-state index in [9.17, 15) is 4.79 Å². The van der Waals surface area contributed by atoms with Gasteiger partial charge in [-0.2, -0.15) is 0 Å². The molecule has 0 bridgehead atoms. The molecular formula is C28H27N5OS. The number of carbonyl (C=O) groups excluding carboxylic acids is 1. The van der Waals surface area contributed by atoms with E-state index in [1.54, 1.807) is 0 Å². The number of amides is 1. The van der Waals surface area contributed by atoms with Gasteiger partial charge in [-0.15, -0.1) is 11.3 Å². The normalized spacial score (nSPS) is 14.7. The maximum absolute atomic E-state index is 13.8. The van der Waals surface area contributed by atoms with E-state index in [-0.39, 0.29) is 5.91 Å². The van der Waals surface area contributed by atoms with Gasteiger partial charge in [-0.1, -0.05) is 24.3 Å². The number of fused-ring (bicyclic) bond motifs is 2. The van der Waals surface area contributed by atoms with Crippen molar-refractivity contribution in [1.29, 1.82) is 0 Å². The Kier molecular flexibility index (Phi) is 5.59. The summed E-state index contributed by atoms with van der Waals surface area (Å²) in [6.07, 6.45) is 5.87. The van der Waals surface area contributed by atoms with E-state index in [1.807, 2.05) is 48.6 Å². The molecule has 0 radical (unpaired) electrons. The van der Waals surface area contributed by atoms with Gasteiger partial charge in [-0.3, -0.25) is 14.7 Å². The first-order valence-electron chi connectivity index (χ1n) is 12.0. The summed E-state index contributed by atoms with van der Waals surface area (Å²) in [6, 6.07) is 16.5. The number of aryl methyl sites for hydroxylation is 2. The summed E-state index contributed by atoms with van der Waals surface area (Å²) >= 11 is 1.51. The van der Waals surface area contributed by atoms with Crippen LogP contribution < -0.4 is 0 Å². The summed E-state index contributed by atoms with van der Waals surface area (Å²) in [6.45, 7) is 8.06. The van der Waals surface area contributed by atoms with Crippen LogP contribution in [0.2, 0.25) is 0 Å². The molecule has 5 heterocycles. The Morgan fingerprint density at radius 2 is 1.77 bits per heavy atom. The van der Waals surface area contributed by atoms with Crippen molar-refractivity contribution in [3.05, 3.63) is 88.8 Å². The van der Waals surface area contributed by atoms with Gasteiger partial charge in [0.25, 0.3) is 5.91 Å². The van der Waals surface area contributed by atoms with Gasteiger partial charge < -0.3 is 9.47 Å². The van der Waals surface area contributed by atoms with E-state index < -0.39 is 0 Å². The van der Waals surface area contributed by atoms with E-state index >= 15 is 0 Å². The SMILES string of the molecule is Cc1cc(C)c2c(-n3cccc3)c(C(=O)N3CCN(Cc4cccc5cccnc45)CC3)sc2n1. The number of nitrogens with zero attached hydrogens (tertiary/aromatic N) is 5. The number of hydrogen-bond acceptors (Lipinski definition) is 5. The Morgan fingerprint density at radius 1 is 1.00 bits per heavy atom. The van der Waals surface area contributed by atoms with Gasteiger partial charge in [0, 0.05) is 67.8 Å². The summed E-state index contributed by atoms with van der Waals surface area (Å²) in [5, 5.41) is 2.24. The quantitative estimate of drug-likeness (QED) is 0.354. The Hall–Kier alpha value is -3.55. The Morgan fingerprint density at radius 3 is 2.57 bits per heavy atom. The highest BCUT2D eigenvalue weighted by atomic mass is 32.1. The number of piperazine rings is 1. The van der Waals surface area contributed by atoms with Crippen LogP contribution in [0.25, 0.3) is 26.8 Å². The van der Waals surface area contributed by atoms with Crippen molar-refractivity contribution in [1.82, 2.24) is 24.3 Å². The average Bonchev–Trinajstić information content (AvgIpc) is 3.52. The van der Waals surface area contributed by atoms with Crippen LogP contribution in [0.1, 0.15) is 26.5 Å². The number of rotatable bonds is 4. The third-order valence-electron chi connectivity index (χ3n) is 6.79. The Balaban J connectivity index is 1.25. The molecule has 35 heavy (non-hydrogen) atoms. The van der Waals surface area contributed by atoms with Crippen molar-refractivity contribution in [2.75, 3.05) is 26.2 Å². The zero-order valence-electron chi connectivity index (χ0n) is 19.9. The topological polar surface area (TPSA) is 54.3 Å². The van der Waals surface area contributed by atoms with Gasteiger partial charge in [0.15, 0.2) is 0 Å². The lowest BCUT2D eigenvalue weighted by Crippen LogP contribution is -2.48. The molecule has 4 aromatic heterocycles. The minimum Gasteiger partial charge on any atom is -0.335 e. The maximum atomic E-state index is 13.8. The number of benzene rings is 1. The highest BCUT2D eigenvalue weighted by molar-refractivity contribution is 7.21. The molecule has 0 atom stereocenters. The minimum absolute atomic E-state index is 0.0974. The molecule has 6 rings (SSSR count). The van der Waals surface area contributed by atoms with Gasteiger partial charge in [0.1, 0.15) is 9.71 Å². The van der Waals surface area contributed by atoms with Crippen molar-refractivity contribution in [3.63, 3.8) is 0 Å². The fraction of sp³-hybridized carbons (Fsp3) is 0.250. The monoisotopic (exact) mass is 481 g/mol. The molecule has 7 heteroatoms. The second-order valence-electron chi connectivity index (χ2n) is 9.19. The first kappa shape index (κ1) is 21.9. The maximum Gasteiger partial charge on any atom is 0.266 e. The van der Waals surface area contributed by atoms with Crippen molar-refractivity contribution < 1.29 is 4.79 Å². The van der Waals surface area contributed by atoms with Gasteiger partial charge in [-0.25, -0.2) is 4.98 Å². The minimum atomic E-state index is 0.0974. The van der Waals surface area contributed by atoms with Crippen LogP contribution in [-0.4, -0.2) is 56.4 Å². The standard InChI is InChI=1S/C28H27N5OS/c1-19-17-20(2)30-27-23(19)25(32-11-3-4-12-32)26(35-27)28(34)33-15-13-31(14-16-33)18-22-8-5-7-21-9-6-10-29-24(21)22/h3-12,17H,13-16,18H2,1-2H3. The van der Waals surface area contributed by atoms with Crippen molar-refractivity contribution in [3.8, 4) is 5.69 Å². The van der Waals surface area contributed by atoms with Crippen LogP contribution in [0.3, 0.4) is 0 Å². The molecule has 1 amide bonds. The number of pyridine rings is 2. The summed E-state index contributed by atoms with van der Waals surface area (Å²) in [7, 11) is 0. The Labute approximate surface area is 208 Å². The van der Waals surface area contributed by atoms with E-state index in [1.165, 1.54) is 22.3 Å². The van der Waals surface area contributed by atoms with E-state index in [2.05, 4.69) is 51.7 Å². The van der Waals surface area contributed by atoms with E-state index in [0.717, 1.165) is 57.2 Å². The van der Waals surface area contributed by atoms with E-state index in [0.29, 0.717) is 13.1 Å². The molecule has 0 saturated carbocycles. The number of para-hydroxylation sites is 1. The summed E-state index contributed by atoms with van der Waals surface area (Å²) in [4.78, 5) is 29.3. The van der Waals surface area contributed by atoms with Gasteiger partial charge >= 0.3 is 0 Å². The summed E-state index contributed by atoms with van der Waals surface area (Å²) < 4.78 is 2.06. The lowest BCUT2D eigenvalue weighted by Gasteiger charge is -2.34. The first-order chi connectivity index (χ1) is 17.1. The van der Waals surface area contributed by atoms with E-state index in [4.69, 9.17) is 4.98 Å². The molecule has 0 unspecified atom stereocenters. The van der Waals surface area contributed by atoms with Crippen molar-refractivity contribution in [2.45, 2.75) is 20.4 Å². The summed E-state index contributed by atoms with van der Waals surface area (Å²) in [5.74, 6) is 0.0974. The molecule has 1 aliphatic heterocycles. The molecule has 0 aliphatic carbocycles. The largest absolute Gasteiger partial charge is 0.335 e. The molecule has 0 N–H and O–H groups in total. The third-order valence-corrected chi connectivity index (χ3v) is 7.85. The second-order valence-corrected chi connectivity index (χ2v) is 10.2. The highest BCUT2D eigenvalue weighted by Gasteiger charge is 2.28. The number of carbonyl (C=O) groups is 1. The van der Waals surface area contributed by atoms with Crippen LogP contribution in [0, 0.1) is 13.8 Å². The zero-order valence-corrected chi connectivity index (χ0v) is 20.8. The zero-order chi connectivity index (χ0) is 23.9. The fourth-order valence-electron chi connectivity index (χ4n) is 5.09. The molecule has 176 valence electrons. The van der Waals surface area contributed by atoms with Crippen LogP contribution >= 0.6 is 11.3 Å². The number of aromatic nitrogens is 3. The first-order valence-corrected chi connectivity index (χ1v) is 12.8. The second kappa shape index (κ2) is 8.91. The number of hydrogen-bond donors (Lipinski definition) is 0. The van der Waals surface area contributed by atoms with Gasteiger partial charge in [0.2, 0.25) is 0 Å². The van der Waals surface area contributed by atoms with Crippen molar-refractivity contribution in [2.24, 2.45) is 0 Å². The van der Waals surface area contributed by atoms with Crippen LogP contribution in [0.15, 0.2) is 67.1 Å². The molecule has 6 nitrogen and oxygen atoms in total. The van der Waals surface area contributed by atoms with Gasteiger partial charge in [-0.05, 0) is 49.2 Å². The highest BCUT2D eigenvalue weighted by Crippen LogP contribution is 2.36. The van der Waals surface area contributed by atoms with Crippen LogP contribution in [-0.2, 0) is 6.54 Å². The molecule has 1 aliphatic rings. The molecule has 1 fully saturated rings. The molecule has 1 aromatic carbocycles. The average molecular weight is 482 g/mol. The van der Waals surface area contributed by atoms with Gasteiger partial charge in [0.05, 0.1) is 11.2 Å². The third kappa shape index (κ3) is 4.00. The lowest BCUT2D eigenvalue weighted by atomic mass is 10.1. The Bertz CT molecular complexity index is 1530. The molecule has 1 saturated heterocycles.